The summed E-state index contributed by atoms with van der Waals surface area (Å²) in [4.78, 5) is 24.8. The normalized spacial score (nSPS) is 15.6. The van der Waals surface area contributed by atoms with Crippen LogP contribution in [0.2, 0.25) is 5.02 Å². The Balaban J connectivity index is 1.15. The SMILES string of the molecule is CC1(C)COCC1n1c(Cc2ccc(-c3ccc(F)c(OCc4cnc(-n5ccnn5)cc4Cl)n3)cc2F)nc2c(F)cc(C(=O)O)cc21. The van der Waals surface area contributed by atoms with Crippen molar-refractivity contribution in [1.29, 1.82) is 0 Å². The number of imidazole rings is 1. The minimum Gasteiger partial charge on any atom is -0.478 e. The van der Waals surface area contributed by atoms with Crippen molar-refractivity contribution in [3.8, 4) is 23.0 Å². The van der Waals surface area contributed by atoms with E-state index in [1.165, 1.54) is 41.3 Å². The quantitative estimate of drug-likeness (QED) is 0.178. The van der Waals surface area contributed by atoms with Crippen molar-refractivity contribution in [2.24, 2.45) is 5.41 Å². The van der Waals surface area contributed by atoms with E-state index in [1.807, 2.05) is 13.8 Å². The second-order valence-electron chi connectivity index (χ2n) is 12.3. The third-order valence-electron chi connectivity index (χ3n) is 8.48. The molecule has 1 fully saturated rings. The van der Waals surface area contributed by atoms with Gasteiger partial charge in [0.15, 0.2) is 17.5 Å². The maximum absolute atomic E-state index is 15.7. The highest BCUT2D eigenvalue weighted by molar-refractivity contribution is 6.31. The highest BCUT2D eigenvalue weighted by Crippen LogP contribution is 2.41. The fourth-order valence-corrected chi connectivity index (χ4v) is 6.04. The summed E-state index contributed by atoms with van der Waals surface area (Å²) in [5, 5.41) is 17.5. The predicted molar refractivity (Wildman–Crippen MR) is 171 cm³/mol. The molecule has 1 saturated heterocycles. The third-order valence-corrected chi connectivity index (χ3v) is 8.83. The van der Waals surface area contributed by atoms with E-state index in [-0.39, 0.29) is 47.3 Å². The molecule has 1 unspecified atom stereocenters. The van der Waals surface area contributed by atoms with Crippen LogP contribution in [-0.4, -0.2) is 58.8 Å². The highest BCUT2D eigenvalue weighted by atomic mass is 35.5. The molecule has 0 aliphatic carbocycles. The lowest BCUT2D eigenvalue weighted by Gasteiger charge is -2.28. The summed E-state index contributed by atoms with van der Waals surface area (Å²) in [6.07, 6.45) is 4.56. The number of aromatic carboxylic acids is 1. The number of fused-ring (bicyclic) bond motifs is 1. The average molecular weight is 690 g/mol. The van der Waals surface area contributed by atoms with Crippen molar-refractivity contribution in [2.75, 3.05) is 13.2 Å². The van der Waals surface area contributed by atoms with Crippen molar-refractivity contribution in [3.05, 3.63) is 112 Å². The fraction of sp³-hybridized carbons (Fsp3) is 0.235. The van der Waals surface area contributed by atoms with E-state index in [1.54, 1.807) is 29.0 Å². The molecule has 15 heteroatoms. The maximum Gasteiger partial charge on any atom is 0.335 e. The molecule has 0 radical (unpaired) electrons. The van der Waals surface area contributed by atoms with Crippen LogP contribution in [0.4, 0.5) is 13.2 Å². The van der Waals surface area contributed by atoms with Crippen molar-refractivity contribution in [2.45, 2.75) is 32.9 Å². The standard InChI is InChI=1S/C34H27ClF3N7O4/c1-34(2)17-48-16-28(34)45-27-11-20(33(46)47)10-25(38)31(27)42-30(45)12-18-3-4-19(9-24(18)37)26-6-5-23(36)32(41-26)49-15-21-14-39-29(13-22(21)35)44-8-7-40-43-44/h3-11,13-14,28H,12,15-17H2,1-2H3,(H,46,47). The number of carboxylic acids is 1. The molecule has 1 aliphatic rings. The van der Waals surface area contributed by atoms with E-state index in [4.69, 9.17) is 21.1 Å². The molecular weight excluding hydrogens is 663 g/mol. The topological polar surface area (TPSA) is 130 Å². The van der Waals surface area contributed by atoms with Crippen LogP contribution in [0.1, 0.15) is 47.2 Å². The average Bonchev–Trinajstić information content (AvgIpc) is 3.81. The Morgan fingerprint density at radius 3 is 2.59 bits per heavy atom. The molecule has 5 heterocycles. The predicted octanol–water partition coefficient (Wildman–Crippen LogP) is 6.61. The molecule has 0 saturated carbocycles. The summed E-state index contributed by atoms with van der Waals surface area (Å²) in [6, 6.07) is 10.6. The minimum absolute atomic E-state index is 0.00834. The number of halogens is 4. The summed E-state index contributed by atoms with van der Waals surface area (Å²) in [7, 11) is 0. The zero-order valence-corrected chi connectivity index (χ0v) is 26.8. The first-order chi connectivity index (χ1) is 23.5. The van der Waals surface area contributed by atoms with Gasteiger partial charge in [0, 0.05) is 35.2 Å². The molecule has 1 aliphatic heterocycles. The molecule has 7 rings (SSSR count). The van der Waals surface area contributed by atoms with E-state index in [9.17, 15) is 14.3 Å². The third kappa shape index (κ3) is 6.20. The molecule has 4 aromatic heterocycles. The number of benzene rings is 2. The first kappa shape index (κ1) is 32.2. The van der Waals surface area contributed by atoms with Crippen LogP contribution < -0.4 is 4.74 Å². The van der Waals surface area contributed by atoms with Gasteiger partial charge in [-0.25, -0.2) is 37.6 Å². The largest absolute Gasteiger partial charge is 0.478 e. The van der Waals surface area contributed by atoms with Crippen molar-refractivity contribution in [1.82, 2.24) is 34.5 Å². The Morgan fingerprint density at radius 2 is 1.90 bits per heavy atom. The molecule has 0 amide bonds. The van der Waals surface area contributed by atoms with Gasteiger partial charge in [0.25, 0.3) is 5.88 Å². The molecule has 49 heavy (non-hydrogen) atoms. The molecule has 0 spiro atoms. The second-order valence-corrected chi connectivity index (χ2v) is 12.7. The van der Waals surface area contributed by atoms with Gasteiger partial charge < -0.3 is 19.1 Å². The number of pyridine rings is 2. The summed E-state index contributed by atoms with van der Waals surface area (Å²) < 4.78 is 60.2. The summed E-state index contributed by atoms with van der Waals surface area (Å²) >= 11 is 6.39. The molecule has 11 nitrogen and oxygen atoms in total. The lowest BCUT2D eigenvalue weighted by Crippen LogP contribution is -2.27. The van der Waals surface area contributed by atoms with Gasteiger partial charge in [0.1, 0.15) is 23.8 Å². The number of carbonyl (C=O) groups is 1. The van der Waals surface area contributed by atoms with Crippen LogP contribution in [0.15, 0.2) is 67.1 Å². The number of hydrogen-bond donors (Lipinski definition) is 1. The summed E-state index contributed by atoms with van der Waals surface area (Å²) in [6.45, 7) is 4.56. The van der Waals surface area contributed by atoms with E-state index in [2.05, 4.69) is 25.3 Å². The molecule has 1 N–H and O–H groups in total. The lowest BCUT2D eigenvalue weighted by molar-refractivity contribution is 0.0696. The zero-order chi connectivity index (χ0) is 34.4. The number of aromatic nitrogens is 7. The van der Waals surface area contributed by atoms with E-state index in [0.29, 0.717) is 46.5 Å². The van der Waals surface area contributed by atoms with E-state index < -0.39 is 28.8 Å². The van der Waals surface area contributed by atoms with Crippen LogP contribution in [-0.2, 0) is 17.8 Å². The van der Waals surface area contributed by atoms with Crippen molar-refractivity contribution in [3.63, 3.8) is 0 Å². The molecule has 6 aromatic rings. The van der Waals surface area contributed by atoms with Gasteiger partial charge in [-0.15, -0.1) is 5.10 Å². The zero-order valence-electron chi connectivity index (χ0n) is 26.1. The van der Waals surface area contributed by atoms with Crippen LogP contribution in [0.25, 0.3) is 28.1 Å². The Morgan fingerprint density at radius 1 is 1.06 bits per heavy atom. The lowest BCUT2D eigenvalue weighted by atomic mass is 9.87. The first-order valence-corrected chi connectivity index (χ1v) is 15.5. The molecule has 0 bridgehead atoms. The van der Waals surface area contributed by atoms with E-state index in [0.717, 1.165) is 6.07 Å². The minimum atomic E-state index is -1.28. The number of hydrogen-bond acceptors (Lipinski definition) is 8. The Bertz CT molecular complexity index is 2230. The number of carboxylic acid groups (broad SMARTS) is 1. The smallest absolute Gasteiger partial charge is 0.335 e. The number of rotatable bonds is 9. The number of nitrogens with zero attached hydrogens (tertiary/aromatic N) is 7. The van der Waals surface area contributed by atoms with Crippen LogP contribution >= 0.6 is 11.6 Å². The van der Waals surface area contributed by atoms with Gasteiger partial charge in [-0.05, 0) is 35.9 Å². The molecule has 250 valence electrons. The highest BCUT2D eigenvalue weighted by Gasteiger charge is 2.39. The Hall–Kier alpha value is -5.34. The molecular formula is C34H27ClF3N7O4. The van der Waals surface area contributed by atoms with Gasteiger partial charge >= 0.3 is 5.97 Å². The van der Waals surface area contributed by atoms with Crippen LogP contribution in [0.3, 0.4) is 0 Å². The van der Waals surface area contributed by atoms with Gasteiger partial charge in [0.05, 0.1) is 53.4 Å². The monoisotopic (exact) mass is 689 g/mol. The summed E-state index contributed by atoms with van der Waals surface area (Å²) in [5.41, 5.74) is 1.02. The van der Waals surface area contributed by atoms with Crippen molar-refractivity contribution >= 4 is 28.6 Å². The number of ether oxygens (including phenoxy) is 2. The van der Waals surface area contributed by atoms with Gasteiger partial charge in [-0.1, -0.05) is 42.8 Å². The molecule has 1 atom stereocenters. The second kappa shape index (κ2) is 12.6. The van der Waals surface area contributed by atoms with Crippen molar-refractivity contribution < 1.29 is 32.5 Å². The van der Waals surface area contributed by atoms with Gasteiger partial charge in [0.2, 0.25) is 0 Å². The molecule has 2 aromatic carbocycles. The van der Waals surface area contributed by atoms with Gasteiger partial charge in [-0.2, -0.15) is 0 Å². The van der Waals surface area contributed by atoms with Crippen LogP contribution in [0, 0.1) is 22.9 Å². The maximum atomic E-state index is 15.7. The van der Waals surface area contributed by atoms with Gasteiger partial charge in [-0.3, -0.25) is 0 Å². The summed E-state index contributed by atoms with van der Waals surface area (Å²) in [5.74, 6) is -2.90. The first-order valence-electron chi connectivity index (χ1n) is 15.1. The van der Waals surface area contributed by atoms with Crippen LogP contribution in [0.5, 0.6) is 5.88 Å². The fourth-order valence-electron chi connectivity index (χ4n) is 5.84. The Labute approximate surface area is 281 Å². The van der Waals surface area contributed by atoms with E-state index >= 15 is 8.78 Å². The Kier molecular flexibility index (Phi) is 8.28.